The van der Waals surface area contributed by atoms with Crippen molar-refractivity contribution in [2.45, 2.75) is 58.0 Å². The number of aliphatic hydroxyl groups excluding tert-OH is 1. The Labute approximate surface area is 181 Å². The molecule has 0 radical (unpaired) electrons. The van der Waals surface area contributed by atoms with Crippen LogP contribution in [-0.2, 0) is 19.1 Å². The van der Waals surface area contributed by atoms with Gasteiger partial charge < -0.3 is 5.11 Å². The molecule has 0 spiro atoms. The van der Waals surface area contributed by atoms with Crippen molar-refractivity contribution in [1.82, 2.24) is 20.0 Å². The zero-order valence-corrected chi connectivity index (χ0v) is 18.1. The van der Waals surface area contributed by atoms with Crippen molar-refractivity contribution in [3.05, 3.63) is 52.3 Å². The van der Waals surface area contributed by atoms with Gasteiger partial charge >= 0.3 is 6.18 Å². The molecule has 1 aromatic heterocycles. The Morgan fingerprint density at radius 3 is 2.55 bits per heavy atom. The maximum absolute atomic E-state index is 13.4. The number of alkyl halides is 3. The molecule has 0 bridgehead atoms. The highest BCUT2D eigenvalue weighted by Gasteiger charge is 2.37. The number of likely N-dealkylation sites (tertiary alicyclic amines) is 1. The van der Waals surface area contributed by atoms with Crippen LogP contribution in [0.3, 0.4) is 0 Å². The van der Waals surface area contributed by atoms with Crippen LogP contribution >= 0.6 is 0 Å². The Hall–Kier alpha value is -1.90. The first kappa shape index (κ1) is 22.3. The number of aromatic nitrogens is 2. The van der Waals surface area contributed by atoms with Gasteiger partial charge in [0.1, 0.15) is 5.69 Å². The Morgan fingerprint density at radius 2 is 1.87 bits per heavy atom. The number of hydrogen-bond donors (Lipinski definition) is 2. The van der Waals surface area contributed by atoms with Crippen molar-refractivity contribution < 1.29 is 18.3 Å². The summed E-state index contributed by atoms with van der Waals surface area (Å²) in [5.41, 5.74) is 2.65. The second kappa shape index (κ2) is 8.92. The van der Waals surface area contributed by atoms with Gasteiger partial charge in [0.15, 0.2) is 6.23 Å². The van der Waals surface area contributed by atoms with E-state index in [-0.39, 0.29) is 5.92 Å². The van der Waals surface area contributed by atoms with E-state index >= 15 is 0 Å². The first-order valence-corrected chi connectivity index (χ1v) is 11.1. The fourth-order valence-electron chi connectivity index (χ4n) is 5.00. The molecule has 2 aromatic rings. The first-order chi connectivity index (χ1) is 14.7. The van der Waals surface area contributed by atoms with E-state index in [0.29, 0.717) is 43.1 Å². The minimum Gasteiger partial charge on any atom is -0.372 e. The van der Waals surface area contributed by atoms with E-state index in [4.69, 9.17) is 0 Å². The fourth-order valence-corrected chi connectivity index (χ4v) is 5.00. The lowest BCUT2D eigenvalue weighted by atomic mass is 9.86. The van der Waals surface area contributed by atoms with Crippen LogP contribution in [0.5, 0.6) is 0 Å². The quantitative estimate of drug-likeness (QED) is 0.733. The second-order valence-electron chi connectivity index (χ2n) is 9.21. The van der Waals surface area contributed by atoms with Crippen molar-refractivity contribution in [2.24, 2.45) is 5.92 Å². The lowest BCUT2D eigenvalue weighted by Crippen LogP contribution is -2.38. The molecule has 170 valence electrons. The molecule has 2 aliphatic rings. The highest BCUT2D eigenvalue weighted by atomic mass is 19.4. The monoisotopic (exact) mass is 436 g/mol. The molecule has 31 heavy (non-hydrogen) atoms. The van der Waals surface area contributed by atoms with E-state index in [1.54, 1.807) is 12.1 Å². The van der Waals surface area contributed by atoms with E-state index in [0.717, 1.165) is 43.4 Å². The number of hydrogen-bond acceptors (Lipinski definition) is 4. The molecule has 5 nitrogen and oxygen atoms in total. The summed E-state index contributed by atoms with van der Waals surface area (Å²) in [5, 5.41) is 18.6. The third kappa shape index (κ3) is 4.81. The topological polar surface area (TPSA) is 55.4 Å². The zero-order valence-electron chi connectivity index (χ0n) is 18.1. The van der Waals surface area contributed by atoms with Gasteiger partial charge in [-0.3, -0.25) is 14.9 Å². The van der Waals surface area contributed by atoms with Crippen LogP contribution in [0.15, 0.2) is 24.3 Å². The normalized spacial score (nSPS) is 20.2. The minimum absolute atomic E-state index is 0.157. The van der Waals surface area contributed by atoms with Crippen LogP contribution in [0.2, 0.25) is 0 Å². The number of aromatic amines is 1. The highest BCUT2D eigenvalue weighted by molar-refractivity contribution is 5.33. The van der Waals surface area contributed by atoms with Crippen molar-refractivity contribution >= 4 is 0 Å². The van der Waals surface area contributed by atoms with Gasteiger partial charge in [-0.15, -0.1) is 0 Å². The maximum atomic E-state index is 13.4. The number of piperidine rings is 1. The van der Waals surface area contributed by atoms with Gasteiger partial charge in [-0.05, 0) is 36.3 Å². The molecule has 4 rings (SSSR count). The molecule has 1 aromatic carbocycles. The van der Waals surface area contributed by atoms with Crippen LogP contribution in [0.4, 0.5) is 13.2 Å². The number of nitrogens with one attached hydrogen (secondary N) is 1. The average Bonchev–Trinajstić information content (AvgIpc) is 3.15. The largest absolute Gasteiger partial charge is 0.416 e. The SMILES string of the molecule is CC(C)CN1CCc2[nH]nc(C(O)N3CCC(c4ccccc4C(F)(F)F)CC3)c2C1. The zero-order chi connectivity index (χ0) is 22.2. The summed E-state index contributed by atoms with van der Waals surface area (Å²) in [5.74, 6) is 0.413. The van der Waals surface area contributed by atoms with E-state index in [2.05, 4.69) is 28.9 Å². The second-order valence-corrected chi connectivity index (χ2v) is 9.21. The predicted molar refractivity (Wildman–Crippen MR) is 112 cm³/mol. The molecule has 2 aliphatic heterocycles. The van der Waals surface area contributed by atoms with Gasteiger partial charge in [-0.1, -0.05) is 32.0 Å². The summed E-state index contributed by atoms with van der Waals surface area (Å²) >= 11 is 0. The number of halogens is 3. The van der Waals surface area contributed by atoms with Crippen molar-refractivity contribution in [3.8, 4) is 0 Å². The number of rotatable bonds is 5. The number of benzene rings is 1. The van der Waals surface area contributed by atoms with Crippen LogP contribution in [-0.4, -0.2) is 51.3 Å². The molecule has 1 atom stereocenters. The fraction of sp³-hybridized carbons (Fsp3) is 0.609. The molecular formula is C23H31F3N4O. The summed E-state index contributed by atoms with van der Waals surface area (Å²) in [6.07, 6.45) is -3.13. The smallest absolute Gasteiger partial charge is 0.372 e. The Morgan fingerprint density at radius 1 is 1.16 bits per heavy atom. The molecule has 0 aliphatic carbocycles. The third-order valence-electron chi connectivity index (χ3n) is 6.49. The first-order valence-electron chi connectivity index (χ1n) is 11.1. The summed E-state index contributed by atoms with van der Waals surface area (Å²) < 4.78 is 40.2. The molecule has 1 unspecified atom stereocenters. The van der Waals surface area contributed by atoms with Crippen molar-refractivity contribution in [2.75, 3.05) is 26.2 Å². The molecule has 0 amide bonds. The van der Waals surface area contributed by atoms with Gasteiger partial charge in [0.05, 0.1) is 5.56 Å². The van der Waals surface area contributed by atoms with Crippen LogP contribution in [0, 0.1) is 5.92 Å². The Bertz CT molecular complexity index is 887. The van der Waals surface area contributed by atoms with E-state index in [1.165, 1.54) is 6.07 Å². The van der Waals surface area contributed by atoms with Crippen LogP contribution in [0.25, 0.3) is 0 Å². The van der Waals surface area contributed by atoms with Gasteiger partial charge in [0.25, 0.3) is 0 Å². The molecule has 1 fully saturated rings. The maximum Gasteiger partial charge on any atom is 0.416 e. The number of H-pyrrole nitrogens is 1. The third-order valence-corrected chi connectivity index (χ3v) is 6.49. The van der Waals surface area contributed by atoms with Gasteiger partial charge in [-0.25, -0.2) is 0 Å². The number of nitrogens with zero attached hydrogens (tertiary/aromatic N) is 3. The van der Waals surface area contributed by atoms with Gasteiger partial charge in [0.2, 0.25) is 0 Å². The summed E-state index contributed by atoms with van der Waals surface area (Å²) in [6, 6.07) is 5.86. The number of aliphatic hydroxyl groups is 1. The number of fused-ring (bicyclic) bond motifs is 1. The van der Waals surface area contributed by atoms with E-state index in [1.807, 2.05) is 4.90 Å². The summed E-state index contributed by atoms with van der Waals surface area (Å²) in [6.45, 7) is 8.22. The summed E-state index contributed by atoms with van der Waals surface area (Å²) in [4.78, 5) is 4.32. The molecular weight excluding hydrogens is 405 g/mol. The highest BCUT2D eigenvalue weighted by Crippen LogP contribution is 2.39. The Balaban J connectivity index is 1.44. The predicted octanol–water partition coefficient (Wildman–Crippen LogP) is 4.31. The van der Waals surface area contributed by atoms with E-state index < -0.39 is 18.0 Å². The van der Waals surface area contributed by atoms with Crippen molar-refractivity contribution in [3.63, 3.8) is 0 Å². The van der Waals surface area contributed by atoms with E-state index in [9.17, 15) is 18.3 Å². The standard InChI is InChI=1S/C23H31F3N4O/c1-15(2)13-29-10-9-20-18(14-29)21(28-27-20)22(31)30-11-7-16(8-12-30)17-5-3-4-6-19(17)23(24,25)26/h3-6,15-16,22,31H,7-14H2,1-2H3,(H,27,28). The molecule has 0 saturated carbocycles. The minimum atomic E-state index is -4.34. The van der Waals surface area contributed by atoms with Crippen LogP contribution in [0.1, 0.15) is 66.9 Å². The molecule has 2 N–H and O–H groups in total. The van der Waals surface area contributed by atoms with Gasteiger partial charge in [0, 0.05) is 50.4 Å². The lowest BCUT2D eigenvalue weighted by Gasteiger charge is -2.36. The molecule has 3 heterocycles. The average molecular weight is 437 g/mol. The Kier molecular flexibility index (Phi) is 6.42. The molecule has 8 heteroatoms. The summed E-state index contributed by atoms with van der Waals surface area (Å²) in [7, 11) is 0. The lowest BCUT2D eigenvalue weighted by molar-refractivity contribution is -0.138. The van der Waals surface area contributed by atoms with Crippen molar-refractivity contribution in [1.29, 1.82) is 0 Å². The van der Waals surface area contributed by atoms with Crippen LogP contribution < -0.4 is 0 Å². The van der Waals surface area contributed by atoms with Gasteiger partial charge in [-0.2, -0.15) is 18.3 Å². The molecule has 1 saturated heterocycles.